The number of hydrogen-bond donors (Lipinski definition) is 3. The molecule has 4 aromatic carbocycles. The lowest BCUT2D eigenvalue weighted by molar-refractivity contribution is 0.229. The van der Waals surface area contributed by atoms with E-state index < -0.39 is 10.1 Å². The van der Waals surface area contributed by atoms with Crippen LogP contribution in [0.4, 0.5) is 5.69 Å². The number of rotatable bonds is 3. The van der Waals surface area contributed by atoms with Crippen LogP contribution in [0.15, 0.2) is 59.5 Å². The van der Waals surface area contributed by atoms with Crippen molar-refractivity contribution in [2.75, 3.05) is 26.5 Å². The van der Waals surface area contributed by atoms with Crippen LogP contribution >= 0.6 is 0 Å². The molecule has 1 fully saturated rings. The summed E-state index contributed by atoms with van der Waals surface area (Å²) in [6.07, 6.45) is 3.65. The fourth-order valence-corrected chi connectivity index (χ4v) is 6.00. The van der Waals surface area contributed by atoms with E-state index in [2.05, 4.69) is 23.1 Å². The van der Waals surface area contributed by atoms with Gasteiger partial charge >= 0.3 is 0 Å². The number of methoxy groups -OCH3 is 2. The summed E-state index contributed by atoms with van der Waals surface area (Å²) >= 11 is 0. The number of phenols is 1. The van der Waals surface area contributed by atoms with Crippen LogP contribution in [-0.4, -0.2) is 49.8 Å². The molecule has 0 amide bonds. The van der Waals surface area contributed by atoms with Crippen LogP contribution in [0, 0.1) is 0 Å². The highest BCUT2D eigenvalue weighted by atomic mass is 32.2. The van der Waals surface area contributed by atoms with Crippen LogP contribution in [-0.2, 0) is 23.1 Å². The molecule has 8 nitrogen and oxygen atoms in total. The number of benzene rings is 4. The predicted molar refractivity (Wildman–Crippen MR) is 144 cm³/mol. The van der Waals surface area contributed by atoms with Gasteiger partial charge < -0.3 is 20.3 Å². The van der Waals surface area contributed by atoms with E-state index in [1.54, 1.807) is 20.3 Å². The second-order valence-electron chi connectivity index (χ2n) is 9.45. The third-order valence-electron chi connectivity index (χ3n) is 7.31. The number of phenolic OH excluding ortho intramolecular Hbond substituents is 1. The molecule has 0 bridgehead atoms. The second kappa shape index (κ2) is 9.74. The van der Waals surface area contributed by atoms with Crippen LogP contribution < -0.4 is 15.2 Å². The summed E-state index contributed by atoms with van der Waals surface area (Å²) < 4.78 is 40.5. The smallest absolute Gasteiger partial charge is 0.294 e. The molecule has 1 atom stereocenters. The average molecular weight is 523 g/mol. The topological polar surface area (TPSA) is 122 Å². The van der Waals surface area contributed by atoms with Gasteiger partial charge in [0.1, 0.15) is 5.75 Å². The Kier molecular flexibility index (Phi) is 6.61. The van der Waals surface area contributed by atoms with E-state index in [4.69, 9.17) is 19.8 Å². The Hall–Kier alpha value is -3.53. The van der Waals surface area contributed by atoms with Crippen LogP contribution in [0.2, 0.25) is 0 Å². The molecule has 2 aliphatic heterocycles. The third kappa shape index (κ3) is 4.77. The summed E-state index contributed by atoms with van der Waals surface area (Å²) in [6.45, 7) is 2.18. The summed E-state index contributed by atoms with van der Waals surface area (Å²) in [7, 11) is -0.728. The fourth-order valence-electron chi connectivity index (χ4n) is 5.52. The van der Waals surface area contributed by atoms with Crippen molar-refractivity contribution in [1.82, 2.24) is 4.90 Å². The molecule has 9 heteroatoms. The van der Waals surface area contributed by atoms with Gasteiger partial charge in [0.2, 0.25) is 0 Å². The van der Waals surface area contributed by atoms with Gasteiger partial charge in [-0.2, -0.15) is 8.42 Å². The largest absolute Gasteiger partial charge is 0.508 e. The molecule has 0 aliphatic carbocycles. The quantitative estimate of drug-likeness (QED) is 0.200. The van der Waals surface area contributed by atoms with Gasteiger partial charge in [-0.05, 0) is 107 Å². The Labute approximate surface area is 216 Å². The van der Waals surface area contributed by atoms with E-state index in [-0.39, 0.29) is 4.90 Å². The Morgan fingerprint density at radius 2 is 1.54 bits per heavy atom. The minimum atomic E-state index is -4.08. The van der Waals surface area contributed by atoms with Crippen molar-refractivity contribution in [3.05, 3.63) is 65.7 Å². The number of nitrogen functional groups attached to an aromatic ring is 1. The summed E-state index contributed by atoms with van der Waals surface area (Å²) in [5.41, 5.74) is 8.58. The van der Waals surface area contributed by atoms with Crippen LogP contribution in [0.3, 0.4) is 0 Å². The Morgan fingerprint density at radius 3 is 2.19 bits per heavy atom. The lowest BCUT2D eigenvalue weighted by atomic mass is 9.85. The second-order valence-corrected chi connectivity index (χ2v) is 10.9. The average Bonchev–Trinajstić information content (AvgIpc) is 3.34. The summed E-state index contributed by atoms with van der Waals surface area (Å²) in [4.78, 5) is 2.47. The van der Waals surface area contributed by atoms with Crippen molar-refractivity contribution in [3.63, 3.8) is 0 Å². The van der Waals surface area contributed by atoms with E-state index in [1.165, 1.54) is 65.6 Å². The van der Waals surface area contributed by atoms with Gasteiger partial charge in [-0.3, -0.25) is 9.45 Å². The van der Waals surface area contributed by atoms with E-state index in [9.17, 15) is 13.5 Å². The molecule has 0 saturated carbocycles. The molecule has 0 spiro atoms. The lowest BCUT2D eigenvalue weighted by Gasteiger charge is -2.33. The molecular weight excluding hydrogens is 492 g/mol. The van der Waals surface area contributed by atoms with Crippen molar-refractivity contribution in [3.8, 4) is 17.2 Å². The zero-order valence-electron chi connectivity index (χ0n) is 20.8. The van der Waals surface area contributed by atoms with Gasteiger partial charge in [0.25, 0.3) is 10.1 Å². The maximum atomic E-state index is 10.5. The maximum Gasteiger partial charge on any atom is 0.294 e. The first-order valence-corrected chi connectivity index (χ1v) is 13.5. The molecule has 4 N–H and O–H groups in total. The first-order valence-electron chi connectivity index (χ1n) is 12.1. The SMILES string of the molecule is COc1cc2c3c(c4ccc(O)cc4c2cc1OC)CN1CCCC1C3.Nc1ccc(S(=O)(=O)O)cc1. The first kappa shape index (κ1) is 25.1. The zero-order chi connectivity index (χ0) is 26.3. The van der Waals surface area contributed by atoms with E-state index in [0.717, 1.165) is 35.2 Å². The Bertz CT molecular complexity index is 1580. The molecule has 4 aromatic rings. The molecule has 37 heavy (non-hydrogen) atoms. The molecule has 2 heterocycles. The minimum Gasteiger partial charge on any atom is -0.508 e. The number of ether oxygens (including phenoxy) is 2. The Balaban J connectivity index is 0.000000215. The fraction of sp³-hybridized carbons (Fsp3) is 0.286. The lowest BCUT2D eigenvalue weighted by Crippen LogP contribution is -2.35. The third-order valence-corrected chi connectivity index (χ3v) is 8.18. The maximum absolute atomic E-state index is 10.5. The van der Waals surface area contributed by atoms with E-state index in [1.807, 2.05) is 6.07 Å². The summed E-state index contributed by atoms with van der Waals surface area (Å²) in [6, 6.07) is 15.8. The van der Waals surface area contributed by atoms with Gasteiger partial charge in [0.05, 0.1) is 19.1 Å². The molecule has 1 unspecified atom stereocenters. The van der Waals surface area contributed by atoms with Crippen LogP contribution in [0.25, 0.3) is 21.5 Å². The predicted octanol–water partition coefficient (Wildman–Crippen LogP) is 4.75. The van der Waals surface area contributed by atoms with Crippen molar-refractivity contribution in [2.45, 2.75) is 36.7 Å². The van der Waals surface area contributed by atoms with E-state index >= 15 is 0 Å². The molecule has 2 aliphatic rings. The summed E-state index contributed by atoms with van der Waals surface area (Å²) in [5.74, 6) is 1.78. The number of fused-ring (bicyclic) bond motifs is 7. The first-order chi connectivity index (χ1) is 17.7. The highest BCUT2D eigenvalue weighted by molar-refractivity contribution is 7.85. The normalized spacial score (nSPS) is 17.1. The van der Waals surface area contributed by atoms with Crippen molar-refractivity contribution < 1.29 is 27.6 Å². The molecule has 0 aromatic heterocycles. The standard InChI is InChI=1S/C22H23NO3.C6H7NO3S/c1-25-21-10-18-16-8-13-4-3-7-23(13)12-20(16)15-6-5-14(24)9-17(15)19(18)11-22(21)26-2;7-5-1-3-6(4-2-5)11(8,9)10/h5-6,9-11,13,24H,3-4,7-8,12H2,1-2H3;1-4H,7H2,(H,8,9,10). The molecule has 0 radical (unpaired) electrons. The van der Waals surface area contributed by atoms with Crippen molar-refractivity contribution >= 4 is 37.4 Å². The van der Waals surface area contributed by atoms with E-state index in [0.29, 0.717) is 17.5 Å². The van der Waals surface area contributed by atoms with Crippen LogP contribution in [0.1, 0.15) is 24.0 Å². The van der Waals surface area contributed by atoms with Gasteiger partial charge in [0, 0.05) is 18.3 Å². The number of aromatic hydroxyl groups is 1. The highest BCUT2D eigenvalue weighted by Crippen LogP contribution is 2.44. The Morgan fingerprint density at radius 1 is 0.892 bits per heavy atom. The molecular formula is C28H30N2O6S. The number of nitrogens with two attached hydrogens (primary N) is 1. The molecule has 6 rings (SSSR count). The monoisotopic (exact) mass is 522 g/mol. The summed E-state index contributed by atoms with van der Waals surface area (Å²) in [5, 5.41) is 14.8. The van der Waals surface area contributed by atoms with Gasteiger partial charge in [-0.15, -0.1) is 0 Å². The number of nitrogens with zero attached hydrogens (tertiary/aromatic N) is 1. The van der Waals surface area contributed by atoms with Crippen molar-refractivity contribution in [1.29, 1.82) is 0 Å². The van der Waals surface area contributed by atoms with Crippen LogP contribution in [0.5, 0.6) is 17.2 Å². The highest BCUT2D eigenvalue weighted by Gasteiger charge is 2.32. The van der Waals surface area contributed by atoms with Gasteiger partial charge in [-0.1, -0.05) is 6.07 Å². The molecule has 194 valence electrons. The zero-order valence-corrected chi connectivity index (χ0v) is 21.6. The van der Waals surface area contributed by atoms with Gasteiger partial charge in [-0.25, -0.2) is 0 Å². The van der Waals surface area contributed by atoms with Gasteiger partial charge in [0.15, 0.2) is 11.5 Å². The number of anilines is 1. The number of hydrogen-bond acceptors (Lipinski definition) is 7. The minimum absolute atomic E-state index is 0.147. The molecule has 1 saturated heterocycles. The van der Waals surface area contributed by atoms with Crippen molar-refractivity contribution in [2.24, 2.45) is 0 Å².